The molecule has 0 aliphatic carbocycles. The first kappa shape index (κ1) is 13.9. The fourth-order valence-electron chi connectivity index (χ4n) is 2.39. The number of aryl methyl sites for hydroxylation is 2. The minimum atomic E-state index is 0.190. The molecule has 2 aromatic rings. The van der Waals surface area contributed by atoms with E-state index in [0.717, 1.165) is 12.1 Å². The van der Waals surface area contributed by atoms with Gasteiger partial charge >= 0.3 is 0 Å². The van der Waals surface area contributed by atoms with Crippen molar-refractivity contribution < 1.29 is 5.11 Å². The van der Waals surface area contributed by atoms with E-state index >= 15 is 0 Å². The van der Waals surface area contributed by atoms with Crippen LogP contribution in [0.4, 0.5) is 0 Å². The van der Waals surface area contributed by atoms with Crippen molar-refractivity contribution in [1.29, 1.82) is 0 Å². The highest BCUT2D eigenvalue weighted by molar-refractivity contribution is 7.71. The largest absolute Gasteiger partial charge is 0.493 e. The van der Waals surface area contributed by atoms with Gasteiger partial charge in [0, 0.05) is 7.05 Å². The van der Waals surface area contributed by atoms with Crippen LogP contribution in [0.25, 0.3) is 5.69 Å². The average molecular weight is 276 g/mol. The molecule has 1 N–H and O–H groups in total. The normalized spacial score (nSPS) is 11.2. The summed E-state index contributed by atoms with van der Waals surface area (Å²) in [5, 5.41) is 10.2. The molecule has 4 heteroatoms. The van der Waals surface area contributed by atoms with Gasteiger partial charge in [-0.3, -0.25) is 4.57 Å². The van der Waals surface area contributed by atoms with Crippen molar-refractivity contribution in [3.8, 4) is 11.6 Å². The third kappa shape index (κ3) is 2.32. The highest BCUT2D eigenvalue weighted by atomic mass is 32.1. The van der Waals surface area contributed by atoms with Crippen molar-refractivity contribution in [1.82, 2.24) is 9.13 Å². The molecule has 1 aromatic carbocycles. The van der Waals surface area contributed by atoms with Crippen molar-refractivity contribution in [2.45, 2.75) is 33.1 Å². The number of aromatic hydroxyl groups is 1. The summed E-state index contributed by atoms with van der Waals surface area (Å²) in [6.45, 7) is 6.43. The van der Waals surface area contributed by atoms with Gasteiger partial charge in [0.1, 0.15) is 0 Å². The number of para-hydroxylation sites is 1. The second kappa shape index (κ2) is 5.21. The Morgan fingerprint density at radius 1 is 1.32 bits per heavy atom. The lowest BCUT2D eigenvalue weighted by atomic mass is 9.96. The minimum Gasteiger partial charge on any atom is -0.493 e. The van der Waals surface area contributed by atoms with Crippen LogP contribution >= 0.6 is 12.2 Å². The number of hydrogen-bond donors (Lipinski definition) is 1. The van der Waals surface area contributed by atoms with E-state index in [0.29, 0.717) is 10.7 Å². The molecular weight excluding hydrogens is 256 g/mol. The van der Waals surface area contributed by atoms with E-state index in [2.05, 4.69) is 39.0 Å². The number of rotatable bonds is 3. The first-order valence-corrected chi connectivity index (χ1v) is 6.97. The SMILES string of the molecule is CCc1cccc(C(C)C)c1-n1c(O)cn(C)c1=S. The van der Waals surface area contributed by atoms with E-state index in [1.807, 2.05) is 7.05 Å². The Hall–Kier alpha value is -1.55. The molecule has 0 aliphatic rings. The molecular formula is C15H20N2OS. The third-order valence-corrected chi connectivity index (χ3v) is 3.88. The second-order valence-corrected chi connectivity index (χ2v) is 5.44. The minimum absolute atomic E-state index is 0.190. The summed E-state index contributed by atoms with van der Waals surface area (Å²) in [5.74, 6) is 0.568. The Morgan fingerprint density at radius 2 is 2.00 bits per heavy atom. The van der Waals surface area contributed by atoms with Crippen LogP contribution in [0.15, 0.2) is 24.4 Å². The van der Waals surface area contributed by atoms with Gasteiger partial charge in [0.25, 0.3) is 0 Å². The summed E-state index contributed by atoms with van der Waals surface area (Å²) >= 11 is 5.42. The van der Waals surface area contributed by atoms with Crippen LogP contribution in [0.5, 0.6) is 5.88 Å². The summed E-state index contributed by atoms with van der Waals surface area (Å²) in [4.78, 5) is 0. The van der Waals surface area contributed by atoms with Crippen LogP contribution in [0.1, 0.15) is 37.8 Å². The molecule has 0 spiro atoms. The van der Waals surface area contributed by atoms with Gasteiger partial charge in [-0.05, 0) is 35.7 Å². The molecule has 0 radical (unpaired) electrons. The summed E-state index contributed by atoms with van der Waals surface area (Å²) in [5.41, 5.74) is 3.43. The molecule has 0 saturated heterocycles. The first-order chi connectivity index (χ1) is 8.97. The van der Waals surface area contributed by atoms with Crippen LogP contribution < -0.4 is 0 Å². The van der Waals surface area contributed by atoms with Crippen molar-refractivity contribution in [3.63, 3.8) is 0 Å². The molecule has 1 heterocycles. The predicted octanol–water partition coefficient (Wildman–Crippen LogP) is 3.94. The van der Waals surface area contributed by atoms with Crippen molar-refractivity contribution in [2.75, 3.05) is 0 Å². The second-order valence-electron chi connectivity index (χ2n) is 5.08. The molecule has 1 aromatic heterocycles. The molecule has 19 heavy (non-hydrogen) atoms. The highest BCUT2D eigenvalue weighted by Crippen LogP contribution is 2.30. The lowest BCUT2D eigenvalue weighted by Gasteiger charge is -2.18. The zero-order chi connectivity index (χ0) is 14.2. The van der Waals surface area contributed by atoms with Crippen molar-refractivity contribution >= 4 is 12.2 Å². The Labute approximate surface area is 119 Å². The van der Waals surface area contributed by atoms with Gasteiger partial charge in [0.2, 0.25) is 5.88 Å². The quantitative estimate of drug-likeness (QED) is 0.861. The zero-order valence-electron chi connectivity index (χ0n) is 11.8. The number of aromatic nitrogens is 2. The lowest BCUT2D eigenvalue weighted by Crippen LogP contribution is -2.06. The molecule has 0 atom stereocenters. The van der Waals surface area contributed by atoms with Gasteiger partial charge in [0.15, 0.2) is 4.77 Å². The maximum Gasteiger partial charge on any atom is 0.214 e. The fourth-order valence-corrected chi connectivity index (χ4v) is 2.62. The van der Waals surface area contributed by atoms with E-state index in [1.54, 1.807) is 15.3 Å². The smallest absolute Gasteiger partial charge is 0.214 e. The van der Waals surface area contributed by atoms with Gasteiger partial charge in [-0.15, -0.1) is 0 Å². The molecule has 0 bridgehead atoms. The Bertz CT molecular complexity index is 653. The number of hydrogen-bond acceptors (Lipinski definition) is 2. The molecule has 0 amide bonds. The van der Waals surface area contributed by atoms with Crippen LogP contribution in [-0.2, 0) is 13.5 Å². The number of benzene rings is 1. The fraction of sp³-hybridized carbons (Fsp3) is 0.400. The van der Waals surface area contributed by atoms with Crippen LogP contribution in [0.2, 0.25) is 0 Å². The summed E-state index contributed by atoms with van der Waals surface area (Å²) in [7, 11) is 1.85. The molecule has 0 fully saturated rings. The summed E-state index contributed by atoms with van der Waals surface area (Å²) < 4.78 is 4.14. The van der Waals surface area contributed by atoms with Crippen LogP contribution in [-0.4, -0.2) is 14.2 Å². The van der Waals surface area contributed by atoms with Crippen molar-refractivity contribution in [2.24, 2.45) is 7.05 Å². The zero-order valence-corrected chi connectivity index (χ0v) is 12.7. The van der Waals surface area contributed by atoms with Crippen LogP contribution in [0, 0.1) is 4.77 Å². The molecule has 0 unspecified atom stereocenters. The Kier molecular flexibility index (Phi) is 3.80. The molecule has 3 nitrogen and oxygen atoms in total. The monoisotopic (exact) mass is 276 g/mol. The van der Waals surface area contributed by atoms with Crippen LogP contribution in [0.3, 0.4) is 0 Å². The first-order valence-electron chi connectivity index (χ1n) is 6.56. The van der Waals surface area contributed by atoms with E-state index < -0.39 is 0 Å². The maximum absolute atomic E-state index is 10.2. The standard InChI is InChI=1S/C15H20N2OS/c1-5-11-7-6-8-12(10(2)3)14(11)17-13(18)9-16(4)15(17)19/h6-10,18H,5H2,1-4H3. The van der Waals surface area contributed by atoms with Gasteiger partial charge in [0.05, 0.1) is 11.9 Å². The molecule has 102 valence electrons. The van der Waals surface area contributed by atoms with E-state index in [9.17, 15) is 5.11 Å². The third-order valence-electron chi connectivity index (χ3n) is 3.41. The number of nitrogens with zero attached hydrogens (tertiary/aromatic N) is 2. The molecule has 0 saturated carbocycles. The summed E-state index contributed by atoms with van der Waals surface area (Å²) in [6, 6.07) is 6.27. The van der Waals surface area contributed by atoms with Gasteiger partial charge in [-0.25, -0.2) is 0 Å². The topological polar surface area (TPSA) is 30.1 Å². The molecule has 0 aliphatic heterocycles. The summed E-state index contributed by atoms with van der Waals surface area (Å²) in [6.07, 6.45) is 2.56. The lowest BCUT2D eigenvalue weighted by molar-refractivity contribution is 0.441. The molecule has 2 rings (SSSR count). The van der Waals surface area contributed by atoms with Gasteiger partial charge in [-0.2, -0.15) is 0 Å². The highest BCUT2D eigenvalue weighted by Gasteiger charge is 2.16. The van der Waals surface area contributed by atoms with Gasteiger partial charge in [-0.1, -0.05) is 39.0 Å². The number of imidazole rings is 1. The predicted molar refractivity (Wildman–Crippen MR) is 80.7 cm³/mol. The van der Waals surface area contributed by atoms with Gasteiger partial charge < -0.3 is 9.67 Å². The van der Waals surface area contributed by atoms with E-state index in [4.69, 9.17) is 12.2 Å². The average Bonchev–Trinajstić information content (AvgIpc) is 2.62. The van der Waals surface area contributed by atoms with E-state index in [1.165, 1.54) is 11.1 Å². The van der Waals surface area contributed by atoms with E-state index in [-0.39, 0.29) is 5.88 Å². The van der Waals surface area contributed by atoms with Crippen molar-refractivity contribution in [3.05, 3.63) is 40.3 Å². The Morgan fingerprint density at radius 3 is 2.47 bits per heavy atom. The Balaban J connectivity index is 2.83. The maximum atomic E-state index is 10.2.